The molecule has 0 amide bonds. The summed E-state index contributed by atoms with van der Waals surface area (Å²) in [5, 5.41) is 3.05. The van der Waals surface area contributed by atoms with Crippen molar-refractivity contribution in [2.24, 2.45) is 0 Å². The monoisotopic (exact) mass is 246 g/mol. The first-order chi connectivity index (χ1) is 8.72. The molecule has 0 spiro atoms. The average Bonchev–Trinajstić information content (AvgIpc) is 2.42. The third-order valence-electron chi connectivity index (χ3n) is 2.76. The Kier molecular flexibility index (Phi) is 3.82. The molecule has 0 bridgehead atoms. The Balaban J connectivity index is 2.19. The van der Waals surface area contributed by atoms with E-state index < -0.39 is 0 Å². The Morgan fingerprint density at radius 1 is 1.28 bits per heavy atom. The molecule has 0 aromatic carbocycles. The zero-order valence-electron chi connectivity index (χ0n) is 10.4. The van der Waals surface area contributed by atoms with Crippen LogP contribution in [0.1, 0.15) is 31.1 Å². The summed E-state index contributed by atoms with van der Waals surface area (Å²) in [5.74, 6) is -0.132. The molecule has 1 N–H and O–H groups in total. The predicted octanol–water partition coefficient (Wildman–Crippen LogP) is 2.75. The van der Waals surface area contributed by atoms with Crippen LogP contribution in [0.15, 0.2) is 30.9 Å². The molecule has 0 saturated heterocycles. The Hall–Kier alpha value is -2.04. The maximum absolute atomic E-state index is 13.9. The minimum atomic E-state index is -0.374. The van der Waals surface area contributed by atoms with Gasteiger partial charge in [-0.2, -0.15) is 0 Å². The third kappa shape index (κ3) is 2.61. The zero-order chi connectivity index (χ0) is 13.0. The molecular weight excluding hydrogens is 231 g/mol. The highest BCUT2D eigenvalue weighted by Gasteiger charge is 2.12. The second-order valence-corrected chi connectivity index (χ2v) is 3.98. The molecule has 0 fully saturated rings. The topological polar surface area (TPSA) is 50.7 Å². The van der Waals surface area contributed by atoms with Gasteiger partial charge in [0.1, 0.15) is 6.33 Å². The molecule has 0 aliphatic rings. The molecule has 2 rings (SSSR count). The highest BCUT2D eigenvalue weighted by molar-refractivity contribution is 5.40. The largest absolute Gasteiger partial charge is 0.361 e. The lowest BCUT2D eigenvalue weighted by Crippen LogP contribution is -2.11. The first kappa shape index (κ1) is 12.4. The van der Waals surface area contributed by atoms with Crippen LogP contribution < -0.4 is 5.32 Å². The van der Waals surface area contributed by atoms with E-state index in [0.717, 1.165) is 5.56 Å². The van der Waals surface area contributed by atoms with Gasteiger partial charge < -0.3 is 5.32 Å². The van der Waals surface area contributed by atoms with Gasteiger partial charge in [-0.15, -0.1) is 0 Å². The van der Waals surface area contributed by atoms with Crippen molar-refractivity contribution in [1.82, 2.24) is 15.0 Å². The minimum Gasteiger partial charge on any atom is -0.361 e. The highest BCUT2D eigenvalue weighted by atomic mass is 19.1. The van der Waals surface area contributed by atoms with Gasteiger partial charge in [0.2, 0.25) is 0 Å². The number of nitrogens with one attached hydrogen (secondary N) is 1. The molecule has 0 saturated carbocycles. The smallest absolute Gasteiger partial charge is 0.186 e. The van der Waals surface area contributed by atoms with Crippen LogP contribution >= 0.6 is 0 Å². The van der Waals surface area contributed by atoms with Crippen molar-refractivity contribution in [1.29, 1.82) is 0 Å². The van der Waals surface area contributed by atoms with Gasteiger partial charge in [0.25, 0.3) is 0 Å². The maximum atomic E-state index is 13.9. The van der Waals surface area contributed by atoms with E-state index >= 15 is 0 Å². The second kappa shape index (κ2) is 5.53. The number of hydrogen-bond donors (Lipinski definition) is 1. The SMILES string of the molecule is CCc1ncnc(NC(C)c2ccncc2)c1F. The molecule has 2 aromatic heterocycles. The van der Waals surface area contributed by atoms with Crippen molar-refractivity contribution >= 4 is 5.82 Å². The van der Waals surface area contributed by atoms with Gasteiger partial charge in [0.05, 0.1) is 11.7 Å². The summed E-state index contributed by atoms with van der Waals surface area (Å²) in [4.78, 5) is 11.8. The number of pyridine rings is 1. The van der Waals surface area contributed by atoms with E-state index in [1.54, 1.807) is 12.4 Å². The number of nitrogens with zero attached hydrogens (tertiary/aromatic N) is 3. The van der Waals surface area contributed by atoms with Gasteiger partial charge in [0, 0.05) is 12.4 Å². The van der Waals surface area contributed by atoms with Crippen LogP contribution in [-0.4, -0.2) is 15.0 Å². The van der Waals surface area contributed by atoms with E-state index in [2.05, 4.69) is 20.3 Å². The van der Waals surface area contributed by atoms with Crippen molar-refractivity contribution in [2.45, 2.75) is 26.3 Å². The van der Waals surface area contributed by atoms with E-state index in [0.29, 0.717) is 12.1 Å². The van der Waals surface area contributed by atoms with Crippen LogP contribution in [0.3, 0.4) is 0 Å². The van der Waals surface area contributed by atoms with E-state index in [-0.39, 0.29) is 17.7 Å². The average molecular weight is 246 g/mol. The number of rotatable bonds is 4. The van der Waals surface area contributed by atoms with Gasteiger partial charge >= 0.3 is 0 Å². The summed E-state index contributed by atoms with van der Waals surface area (Å²) >= 11 is 0. The molecule has 1 unspecified atom stereocenters. The van der Waals surface area contributed by atoms with Crippen LogP contribution in [0.5, 0.6) is 0 Å². The third-order valence-corrected chi connectivity index (χ3v) is 2.76. The fourth-order valence-electron chi connectivity index (χ4n) is 1.69. The Bertz CT molecular complexity index is 516. The molecule has 0 aliphatic heterocycles. The molecule has 4 nitrogen and oxygen atoms in total. The Morgan fingerprint density at radius 3 is 2.67 bits per heavy atom. The lowest BCUT2D eigenvalue weighted by Gasteiger charge is -2.15. The van der Waals surface area contributed by atoms with Gasteiger partial charge in [0.15, 0.2) is 11.6 Å². The van der Waals surface area contributed by atoms with Crippen LogP contribution in [-0.2, 0) is 6.42 Å². The Morgan fingerprint density at radius 2 is 2.00 bits per heavy atom. The molecule has 94 valence electrons. The van der Waals surface area contributed by atoms with Gasteiger partial charge in [-0.25, -0.2) is 14.4 Å². The Labute approximate surface area is 105 Å². The number of aromatic nitrogens is 3. The second-order valence-electron chi connectivity index (χ2n) is 3.98. The van der Waals surface area contributed by atoms with Crippen LogP contribution in [0.2, 0.25) is 0 Å². The van der Waals surface area contributed by atoms with Gasteiger partial charge in [-0.1, -0.05) is 6.92 Å². The highest BCUT2D eigenvalue weighted by Crippen LogP contribution is 2.20. The van der Waals surface area contributed by atoms with Crippen molar-refractivity contribution in [3.8, 4) is 0 Å². The lowest BCUT2D eigenvalue weighted by molar-refractivity contribution is 0.594. The normalized spacial score (nSPS) is 12.2. The van der Waals surface area contributed by atoms with E-state index in [4.69, 9.17) is 0 Å². The number of anilines is 1. The fourth-order valence-corrected chi connectivity index (χ4v) is 1.69. The summed E-state index contributed by atoms with van der Waals surface area (Å²) in [6.45, 7) is 3.81. The predicted molar refractivity (Wildman–Crippen MR) is 67.6 cm³/mol. The van der Waals surface area contributed by atoms with Gasteiger partial charge in [-0.05, 0) is 31.0 Å². The van der Waals surface area contributed by atoms with E-state index in [1.165, 1.54) is 6.33 Å². The molecule has 5 heteroatoms. The molecule has 18 heavy (non-hydrogen) atoms. The lowest BCUT2D eigenvalue weighted by atomic mass is 10.1. The summed E-state index contributed by atoms with van der Waals surface area (Å²) < 4.78 is 13.9. The molecule has 0 radical (unpaired) electrons. The maximum Gasteiger partial charge on any atom is 0.186 e. The number of halogens is 1. The van der Waals surface area contributed by atoms with Crippen molar-refractivity contribution in [3.05, 3.63) is 47.9 Å². The van der Waals surface area contributed by atoms with Crippen molar-refractivity contribution in [2.75, 3.05) is 5.32 Å². The zero-order valence-corrected chi connectivity index (χ0v) is 10.4. The van der Waals surface area contributed by atoms with Crippen LogP contribution in [0, 0.1) is 5.82 Å². The van der Waals surface area contributed by atoms with Crippen molar-refractivity contribution < 1.29 is 4.39 Å². The quantitative estimate of drug-likeness (QED) is 0.901. The molecule has 1 atom stereocenters. The standard InChI is InChI=1S/C13H15FN4/c1-3-11-12(14)13(17-8-16-11)18-9(2)10-4-6-15-7-5-10/h4-9H,3H2,1-2H3,(H,16,17,18). The van der Waals surface area contributed by atoms with Crippen LogP contribution in [0.4, 0.5) is 10.2 Å². The summed E-state index contributed by atoms with van der Waals surface area (Å²) in [6.07, 6.45) is 5.35. The van der Waals surface area contributed by atoms with Crippen molar-refractivity contribution in [3.63, 3.8) is 0 Å². The van der Waals surface area contributed by atoms with E-state index in [1.807, 2.05) is 26.0 Å². The number of hydrogen-bond acceptors (Lipinski definition) is 4. The summed E-state index contributed by atoms with van der Waals surface area (Å²) in [6, 6.07) is 3.73. The molecular formula is C13H15FN4. The first-order valence-corrected chi connectivity index (χ1v) is 5.88. The van der Waals surface area contributed by atoms with E-state index in [9.17, 15) is 4.39 Å². The fraction of sp³-hybridized carbons (Fsp3) is 0.308. The van der Waals surface area contributed by atoms with Crippen LogP contribution in [0.25, 0.3) is 0 Å². The number of aryl methyl sites for hydroxylation is 1. The molecule has 2 aromatic rings. The minimum absolute atomic E-state index is 0.0397. The van der Waals surface area contributed by atoms with Gasteiger partial charge in [-0.3, -0.25) is 4.98 Å². The summed E-state index contributed by atoms with van der Waals surface area (Å²) in [5.41, 5.74) is 1.45. The molecule has 2 heterocycles. The molecule has 0 aliphatic carbocycles. The first-order valence-electron chi connectivity index (χ1n) is 5.88. The summed E-state index contributed by atoms with van der Waals surface area (Å²) in [7, 11) is 0.